The lowest BCUT2D eigenvalue weighted by molar-refractivity contribution is -0.126. The van der Waals surface area contributed by atoms with E-state index in [4.69, 9.17) is 0 Å². The summed E-state index contributed by atoms with van der Waals surface area (Å²) in [5.41, 5.74) is 4.01. The number of carbonyl (C=O) groups excluding carboxylic acids is 1. The third kappa shape index (κ3) is 3.97. The Kier molecular flexibility index (Phi) is 6.58. The quantitative estimate of drug-likeness (QED) is 0.209. The second kappa shape index (κ2) is 9.06. The highest BCUT2D eigenvalue weighted by Crippen LogP contribution is 2.63. The smallest absolute Gasteiger partial charge is 0.157 e. The number of ketones is 1. The Balaban J connectivity index is 1.47. The molecule has 4 nitrogen and oxygen atoms in total. The topological polar surface area (TPSA) is 45.0 Å². The molecule has 8 atom stereocenters. The first-order chi connectivity index (χ1) is 14.9. The average molecular weight is 424 g/mol. The van der Waals surface area contributed by atoms with E-state index in [0.717, 1.165) is 41.7 Å². The Bertz CT molecular complexity index is 781. The van der Waals surface area contributed by atoms with Crippen molar-refractivity contribution in [2.45, 2.75) is 71.6 Å². The van der Waals surface area contributed by atoms with Gasteiger partial charge < -0.3 is 0 Å². The van der Waals surface area contributed by atoms with E-state index in [1.807, 2.05) is 6.92 Å². The van der Waals surface area contributed by atoms with Gasteiger partial charge in [-0.25, -0.2) is 5.01 Å². The highest BCUT2D eigenvalue weighted by Gasteiger charge is 2.56. The van der Waals surface area contributed by atoms with Crippen LogP contribution >= 0.6 is 0 Å². The van der Waals surface area contributed by atoms with E-state index >= 15 is 0 Å². The minimum Gasteiger partial charge on any atom is -0.297 e. The molecule has 4 aliphatic rings. The van der Waals surface area contributed by atoms with Gasteiger partial charge >= 0.3 is 0 Å². The summed E-state index contributed by atoms with van der Waals surface area (Å²) in [4.78, 5) is 13.3. The van der Waals surface area contributed by atoms with Crippen LogP contribution in [0.5, 0.6) is 0 Å². The minimum atomic E-state index is 0.190. The van der Waals surface area contributed by atoms with E-state index in [2.05, 4.69) is 42.2 Å². The van der Waals surface area contributed by atoms with Crippen molar-refractivity contribution in [3.05, 3.63) is 30.7 Å². The summed E-state index contributed by atoms with van der Waals surface area (Å²) in [7, 11) is 1.64. The molecule has 0 spiro atoms. The van der Waals surface area contributed by atoms with Gasteiger partial charge in [-0.05, 0) is 99.2 Å². The van der Waals surface area contributed by atoms with E-state index in [9.17, 15) is 4.79 Å². The van der Waals surface area contributed by atoms with Gasteiger partial charge in [0.2, 0.25) is 0 Å². The van der Waals surface area contributed by atoms with Crippen LogP contribution < -0.4 is 0 Å². The molecule has 0 aromatic rings. The van der Waals surface area contributed by atoms with E-state index in [-0.39, 0.29) is 5.92 Å². The summed E-state index contributed by atoms with van der Waals surface area (Å²) in [6, 6.07) is 0. The van der Waals surface area contributed by atoms with Crippen LogP contribution in [0.4, 0.5) is 0 Å². The van der Waals surface area contributed by atoms with Gasteiger partial charge in [0.15, 0.2) is 5.78 Å². The predicted octanol–water partition coefficient (Wildman–Crippen LogP) is 6.61. The molecule has 4 saturated carbocycles. The van der Waals surface area contributed by atoms with E-state index in [0.29, 0.717) is 23.7 Å². The van der Waals surface area contributed by atoms with Crippen LogP contribution in [0.25, 0.3) is 0 Å². The van der Waals surface area contributed by atoms with Crippen LogP contribution in [0.1, 0.15) is 71.6 Å². The normalized spacial score (nSPS) is 41.6. The molecule has 0 aromatic heterocycles. The van der Waals surface area contributed by atoms with Gasteiger partial charge in [0.25, 0.3) is 0 Å². The van der Waals surface area contributed by atoms with E-state index < -0.39 is 0 Å². The summed E-state index contributed by atoms with van der Waals surface area (Å²) in [6.45, 7) is 12.6. The Morgan fingerprint density at radius 2 is 1.81 bits per heavy atom. The first-order valence-electron chi connectivity index (χ1n) is 12.5. The Morgan fingerprint density at radius 3 is 2.52 bits per heavy atom. The lowest BCUT2D eigenvalue weighted by atomic mass is 9.47. The fourth-order valence-corrected chi connectivity index (χ4v) is 8.32. The van der Waals surface area contributed by atoms with Gasteiger partial charge in [-0.2, -0.15) is 5.11 Å². The zero-order chi connectivity index (χ0) is 22.2. The number of nitrogens with zero attached hydrogens (tertiary/aromatic N) is 3. The number of Topliss-reactive ketones (excluding diaryl/α,β-unsaturated/α-hetero) is 1. The molecular formula is C27H41N3O. The standard InChI is InChI=1S/C27H41N3O/c1-6-19(4)30(29-28-5)17-26(31)24-12-10-20-21(24)9-11-23-22(20)14-15-27(7-2)16-18(3)8-13-25(23)27/h7,18,20-25H,1-2,8-17H2,3-5H3/b29-28-/t18-,20?,21-,22-,23?,24-,25+,27+/m0/s1. The Hall–Kier alpha value is -1.67. The SMILES string of the molecule is C=C=C(C)N(CC(=O)[C@H]1CCC2[C@@H]3CC[C@]4(C=C)C[C@@H](C)CC[C@@H]4C3CC[C@@H]21)/N=N\C. The van der Waals surface area contributed by atoms with Crippen molar-refractivity contribution in [2.75, 3.05) is 13.6 Å². The monoisotopic (exact) mass is 423 g/mol. The highest BCUT2D eigenvalue weighted by atomic mass is 16.1. The molecule has 0 amide bonds. The molecule has 0 N–H and O–H groups in total. The molecule has 0 saturated heterocycles. The van der Waals surface area contributed by atoms with Crippen molar-refractivity contribution in [2.24, 2.45) is 57.2 Å². The van der Waals surface area contributed by atoms with Crippen LogP contribution in [0, 0.1) is 46.8 Å². The Morgan fingerprint density at radius 1 is 1.10 bits per heavy atom. The van der Waals surface area contributed by atoms with Gasteiger partial charge in [-0.1, -0.05) is 31.2 Å². The first kappa shape index (κ1) is 22.5. The number of hydrogen-bond acceptors (Lipinski definition) is 3. The molecule has 0 aromatic carbocycles. The zero-order valence-electron chi connectivity index (χ0n) is 19.9. The molecule has 170 valence electrons. The first-order valence-corrected chi connectivity index (χ1v) is 12.5. The number of hydrogen-bond donors (Lipinski definition) is 0. The van der Waals surface area contributed by atoms with Crippen LogP contribution in [0.3, 0.4) is 0 Å². The molecular weight excluding hydrogens is 382 g/mol. The van der Waals surface area contributed by atoms with E-state index in [1.54, 1.807) is 12.1 Å². The minimum absolute atomic E-state index is 0.190. The van der Waals surface area contributed by atoms with Crippen LogP contribution in [-0.4, -0.2) is 24.4 Å². The van der Waals surface area contributed by atoms with Gasteiger partial charge in [-0.3, -0.25) is 4.79 Å². The summed E-state index contributed by atoms with van der Waals surface area (Å²) >= 11 is 0. The van der Waals surface area contributed by atoms with E-state index in [1.165, 1.54) is 51.4 Å². The van der Waals surface area contributed by atoms with Crippen LogP contribution in [0.2, 0.25) is 0 Å². The van der Waals surface area contributed by atoms with Crippen molar-refractivity contribution in [1.82, 2.24) is 5.01 Å². The largest absolute Gasteiger partial charge is 0.297 e. The molecule has 4 fully saturated rings. The fraction of sp³-hybridized carbons (Fsp3) is 0.778. The second-order valence-corrected chi connectivity index (χ2v) is 11.0. The van der Waals surface area contributed by atoms with Gasteiger partial charge in [-0.15, -0.1) is 12.3 Å². The predicted molar refractivity (Wildman–Crippen MR) is 125 cm³/mol. The fourth-order valence-electron chi connectivity index (χ4n) is 8.32. The van der Waals surface area contributed by atoms with Crippen LogP contribution in [-0.2, 0) is 4.79 Å². The molecule has 0 bridgehead atoms. The lowest BCUT2D eigenvalue weighted by Gasteiger charge is -2.58. The third-order valence-corrected chi connectivity index (χ3v) is 9.67. The van der Waals surface area contributed by atoms with Crippen molar-refractivity contribution in [3.63, 3.8) is 0 Å². The van der Waals surface area contributed by atoms with Crippen molar-refractivity contribution in [3.8, 4) is 0 Å². The molecule has 0 radical (unpaired) electrons. The second-order valence-electron chi connectivity index (χ2n) is 11.0. The number of rotatable bonds is 6. The Labute approximate surface area is 188 Å². The molecule has 0 aliphatic heterocycles. The summed E-state index contributed by atoms with van der Waals surface area (Å²) in [6.07, 6.45) is 14.0. The highest BCUT2D eigenvalue weighted by molar-refractivity contribution is 5.83. The maximum Gasteiger partial charge on any atom is 0.157 e. The summed E-state index contributed by atoms with van der Waals surface area (Å²) < 4.78 is 0. The van der Waals surface area contributed by atoms with Gasteiger partial charge in [0.05, 0.1) is 12.7 Å². The molecule has 4 heteroatoms. The number of carbonyl (C=O) groups is 1. The van der Waals surface area contributed by atoms with Crippen molar-refractivity contribution in [1.29, 1.82) is 0 Å². The van der Waals surface area contributed by atoms with Crippen molar-refractivity contribution < 1.29 is 4.79 Å². The lowest BCUT2D eigenvalue weighted by Crippen LogP contribution is -2.50. The molecule has 4 aliphatic carbocycles. The average Bonchev–Trinajstić information content (AvgIpc) is 3.22. The number of allylic oxidation sites excluding steroid dienone is 2. The summed E-state index contributed by atoms with van der Waals surface area (Å²) in [5.74, 6) is 5.18. The molecule has 0 heterocycles. The summed E-state index contributed by atoms with van der Waals surface area (Å²) in [5, 5.41) is 9.68. The van der Waals surface area contributed by atoms with Gasteiger partial charge in [0, 0.05) is 5.92 Å². The third-order valence-electron chi connectivity index (χ3n) is 9.67. The maximum absolute atomic E-state index is 13.3. The maximum atomic E-state index is 13.3. The molecule has 31 heavy (non-hydrogen) atoms. The van der Waals surface area contributed by atoms with Crippen LogP contribution in [0.15, 0.2) is 41.0 Å². The molecule has 4 rings (SSSR count). The number of fused-ring (bicyclic) bond motifs is 5. The molecule has 2 unspecified atom stereocenters. The zero-order valence-corrected chi connectivity index (χ0v) is 19.9. The van der Waals surface area contributed by atoms with Gasteiger partial charge in [0.1, 0.15) is 6.54 Å². The van der Waals surface area contributed by atoms with Crippen molar-refractivity contribution >= 4 is 5.78 Å².